The number of nitrogens with zero attached hydrogens (tertiary/aromatic N) is 1. The quantitative estimate of drug-likeness (QED) is 0.697. The van der Waals surface area contributed by atoms with E-state index in [-0.39, 0.29) is 16.8 Å². The zero-order chi connectivity index (χ0) is 21.7. The van der Waals surface area contributed by atoms with Crippen LogP contribution >= 0.6 is 0 Å². The number of anilines is 1. The van der Waals surface area contributed by atoms with Crippen LogP contribution in [0.15, 0.2) is 47.4 Å². The van der Waals surface area contributed by atoms with Gasteiger partial charge in [-0.2, -0.15) is 0 Å². The van der Waals surface area contributed by atoms with E-state index in [0.717, 1.165) is 31.2 Å². The highest BCUT2D eigenvalue weighted by molar-refractivity contribution is 7.92. The van der Waals surface area contributed by atoms with Gasteiger partial charge < -0.3 is 9.64 Å². The molecule has 0 bridgehead atoms. The highest BCUT2D eigenvalue weighted by Gasteiger charge is 2.25. The molecular formula is C23H30N2O4S. The Kier molecular flexibility index (Phi) is 7.02. The highest BCUT2D eigenvalue weighted by Crippen LogP contribution is 2.25. The molecule has 0 aliphatic heterocycles. The number of hydrogen-bond acceptors (Lipinski definition) is 4. The van der Waals surface area contributed by atoms with Crippen molar-refractivity contribution in [2.45, 2.75) is 56.9 Å². The van der Waals surface area contributed by atoms with E-state index in [0.29, 0.717) is 23.6 Å². The first-order chi connectivity index (χ1) is 14.3. The van der Waals surface area contributed by atoms with Gasteiger partial charge in [0.05, 0.1) is 11.5 Å². The van der Waals surface area contributed by atoms with Gasteiger partial charge >= 0.3 is 0 Å². The molecule has 162 valence electrons. The molecule has 0 spiro atoms. The molecule has 1 fully saturated rings. The highest BCUT2D eigenvalue weighted by atomic mass is 32.2. The van der Waals surface area contributed by atoms with Crippen molar-refractivity contribution in [1.82, 2.24) is 4.90 Å². The monoisotopic (exact) mass is 430 g/mol. The molecule has 0 saturated heterocycles. The van der Waals surface area contributed by atoms with E-state index < -0.39 is 10.0 Å². The summed E-state index contributed by atoms with van der Waals surface area (Å²) in [7, 11) is -2.01. The smallest absolute Gasteiger partial charge is 0.261 e. The van der Waals surface area contributed by atoms with Gasteiger partial charge in [-0.1, -0.05) is 25.3 Å². The molecule has 1 aliphatic carbocycles. The van der Waals surface area contributed by atoms with Crippen LogP contribution in [0, 0.1) is 6.92 Å². The number of hydrogen-bond donors (Lipinski definition) is 1. The first-order valence-corrected chi connectivity index (χ1v) is 11.9. The number of carbonyl (C=O) groups excluding carboxylic acids is 1. The molecule has 0 atom stereocenters. The van der Waals surface area contributed by atoms with E-state index in [4.69, 9.17) is 4.74 Å². The van der Waals surface area contributed by atoms with Crippen LogP contribution in [0.3, 0.4) is 0 Å². The zero-order valence-corrected chi connectivity index (χ0v) is 18.7. The Morgan fingerprint density at radius 2 is 1.77 bits per heavy atom. The molecule has 0 radical (unpaired) electrons. The van der Waals surface area contributed by atoms with E-state index in [1.165, 1.54) is 18.6 Å². The van der Waals surface area contributed by atoms with Crippen LogP contribution in [-0.2, 0) is 10.0 Å². The molecule has 7 heteroatoms. The van der Waals surface area contributed by atoms with E-state index in [1.807, 2.05) is 20.9 Å². The molecule has 3 rings (SSSR count). The molecule has 1 saturated carbocycles. The number of nitrogens with one attached hydrogen (secondary N) is 1. The molecule has 2 aromatic carbocycles. The minimum absolute atomic E-state index is 0.0716. The summed E-state index contributed by atoms with van der Waals surface area (Å²) in [5.41, 5.74) is 1.63. The maximum atomic E-state index is 13.1. The molecular weight excluding hydrogens is 400 g/mol. The molecule has 30 heavy (non-hydrogen) atoms. The molecule has 0 heterocycles. The Morgan fingerprint density at radius 3 is 2.40 bits per heavy atom. The summed E-state index contributed by atoms with van der Waals surface area (Å²) < 4.78 is 33.8. The predicted molar refractivity (Wildman–Crippen MR) is 119 cm³/mol. The van der Waals surface area contributed by atoms with Gasteiger partial charge in [0.15, 0.2) is 0 Å². The van der Waals surface area contributed by atoms with Gasteiger partial charge in [-0.15, -0.1) is 0 Å². The van der Waals surface area contributed by atoms with Crippen LogP contribution in [0.25, 0.3) is 0 Å². The SMILES string of the molecule is CCOc1ccc(NS(=O)(=O)c2ccc(C)c(C(=O)N(C)C3CCCCC3)c2)cc1. The van der Waals surface area contributed by atoms with Crippen molar-refractivity contribution in [3.8, 4) is 5.75 Å². The van der Waals surface area contributed by atoms with E-state index in [9.17, 15) is 13.2 Å². The summed E-state index contributed by atoms with van der Waals surface area (Å²) in [6, 6.07) is 11.6. The maximum absolute atomic E-state index is 13.1. The largest absolute Gasteiger partial charge is 0.494 e. The van der Waals surface area contributed by atoms with Crippen molar-refractivity contribution in [2.75, 3.05) is 18.4 Å². The Hall–Kier alpha value is -2.54. The topological polar surface area (TPSA) is 75.7 Å². The van der Waals surface area contributed by atoms with Gasteiger partial charge in [0, 0.05) is 24.3 Å². The standard InChI is InChI=1S/C23H30N2O4S/c1-4-29-20-13-11-18(12-14-20)24-30(27,28)21-15-10-17(2)22(16-21)23(26)25(3)19-8-6-5-7-9-19/h10-16,19,24H,4-9H2,1-3H3. The minimum Gasteiger partial charge on any atom is -0.494 e. The fraction of sp³-hybridized carbons (Fsp3) is 0.435. The van der Waals surface area contributed by atoms with E-state index >= 15 is 0 Å². The third-order valence-electron chi connectivity index (χ3n) is 5.61. The lowest BCUT2D eigenvalue weighted by molar-refractivity contribution is 0.0695. The average molecular weight is 431 g/mol. The van der Waals surface area contributed by atoms with Gasteiger partial charge in [0.2, 0.25) is 0 Å². The van der Waals surface area contributed by atoms with Crippen molar-refractivity contribution in [1.29, 1.82) is 0 Å². The number of rotatable bonds is 7. The second-order valence-corrected chi connectivity index (χ2v) is 9.43. The van der Waals surface area contributed by atoms with Crippen molar-refractivity contribution in [3.63, 3.8) is 0 Å². The summed E-state index contributed by atoms with van der Waals surface area (Å²) in [4.78, 5) is 14.9. The number of benzene rings is 2. The van der Waals surface area contributed by atoms with Crippen LogP contribution in [0.5, 0.6) is 5.75 Å². The summed E-state index contributed by atoms with van der Waals surface area (Å²) in [5, 5.41) is 0. The lowest BCUT2D eigenvalue weighted by Crippen LogP contribution is -2.38. The number of aryl methyl sites for hydroxylation is 1. The lowest BCUT2D eigenvalue weighted by Gasteiger charge is -2.31. The fourth-order valence-corrected chi connectivity index (χ4v) is 4.91. The molecule has 1 N–H and O–H groups in total. The Morgan fingerprint density at radius 1 is 1.10 bits per heavy atom. The molecule has 2 aromatic rings. The summed E-state index contributed by atoms with van der Waals surface area (Å²) in [6.07, 6.45) is 5.46. The third-order valence-corrected chi connectivity index (χ3v) is 6.99. The normalized spacial score (nSPS) is 14.9. The molecule has 0 unspecified atom stereocenters. The lowest BCUT2D eigenvalue weighted by atomic mass is 9.94. The van der Waals surface area contributed by atoms with Crippen LogP contribution in [-0.4, -0.2) is 38.9 Å². The van der Waals surface area contributed by atoms with E-state index in [2.05, 4.69) is 4.72 Å². The van der Waals surface area contributed by atoms with Crippen LogP contribution in [0.2, 0.25) is 0 Å². The number of sulfonamides is 1. The number of ether oxygens (including phenoxy) is 1. The Balaban J connectivity index is 1.81. The zero-order valence-electron chi connectivity index (χ0n) is 17.8. The van der Waals surface area contributed by atoms with Crippen molar-refractivity contribution >= 4 is 21.6 Å². The maximum Gasteiger partial charge on any atom is 0.261 e. The molecule has 1 amide bonds. The van der Waals surface area contributed by atoms with E-state index in [1.54, 1.807) is 35.2 Å². The van der Waals surface area contributed by atoms with Gasteiger partial charge in [-0.25, -0.2) is 8.42 Å². The molecule has 6 nitrogen and oxygen atoms in total. The van der Waals surface area contributed by atoms with Crippen LogP contribution in [0.4, 0.5) is 5.69 Å². The van der Waals surface area contributed by atoms with Crippen LogP contribution < -0.4 is 9.46 Å². The first-order valence-electron chi connectivity index (χ1n) is 10.5. The van der Waals surface area contributed by atoms with Crippen LogP contribution in [0.1, 0.15) is 54.9 Å². The van der Waals surface area contributed by atoms with Crippen molar-refractivity contribution < 1.29 is 17.9 Å². The molecule has 0 aromatic heterocycles. The second kappa shape index (κ2) is 9.51. The second-order valence-electron chi connectivity index (χ2n) is 7.75. The fourth-order valence-electron chi connectivity index (χ4n) is 3.82. The predicted octanol–water partition coefficient (Wildman–Crippen LogP) is 4.60. The minimum atomic E-state index is -3.82. The average Bonchev–Trinajstić information content (AvgIpc) is 2.75. The van der Waals surface area contributed by atoms with Gasteiger partial charge in [0.1, 0.15) is 5.75 Å². The Labute approximate surface area is 179 Å². The van der Waals surface area contributed by atoms with Gasteiger partial charge in [-0.3, -0.25) is 9.52 Å². The first kappa shape index (κ1) is 22.2. The number of carbonyl (C=O) groups is 1. The van der Waals surface area contributed by atoms with Crippen molar-refractivity contribution in [3.05, 3.63) is 53.6 Å². The summed E-state index contributed by atoms with van der Waals surface area (Å²) in [5.74, 6) is 0.548. The van der Waals surface area contributed by atoms with Crippen molar-refractivity contribution in [2.24, 2.45) is 0 Å². The molecule has 1 aliphatic rings. The summed E-state index contributed by atoms with van der Waals surface area (Å²) >= 11 is 0. The summed E-state index contributed by atoms with van der Waals surface area (Å²) in [6.45, 7) is 4.26. The third kappa shape index (κ3) is 5.14. The van der Waals surface area contributed by atoms with Gasteiger partial charge in [-0.05, 0) is 68.7 Å². The number of amides is 1. The Bertz CT molecular complexity index is 981. The van der Waals surface area contributed by atoms with Gasteiger partial charge in [0.25, 0.3) is 15.9 Å².